The first-order valence-electron chi connectivity index (χ1n) is 18.0. The Balaban J connectivity index is 1.30. The number of anilines is 3. The second-order valence-electron chi connectivity index (χ2n) is 13.5. The van der Waals surface area contributed by atoms with Gasteiger partial charge in [-0.3, -0.25) is 14.4 Å². The molecule has 2 heterocycles. The molecule has 1 aromatic heterocycles. The van der Waals surface area contributed by atoms with Crippen molar-refractivity contribution < 1.29 is 58.8 Å². The summed E-state index contributed by atoms with van der Waals surface area (Å²) >= 11 is 0. The summed E-state index contributed by atoms with van der Waals surface area (Å²) in [6, 6.07) is 22.6. The molecule has 0 atom stereocenters. The number of hydrogen-bond acceptors (Lipinski definition) is 13. The maximum absolute atomic E-state index is 13.3. The zero-order valence-electron chi connectivity index (χ0n) is 31.7. The summed E-state index contributed by atoms with van der Waals surface area (Å²) in [6.07, 6.45) is 2.64. The fraction of sp³-hybridized carbons (Fsp3) is 0.200. The lowest BCUT2D eigenvalue weighted by molar-refractivity contribution is -0.677. The topological polar surface area (TPSA) is 228 Å². The van der Waals surface area contributed by atoms with Crippen molar-refractivity contribution in [3.05, 3.63) is 125 Å². The number of fused-ring (bicyclic) bond motifs is 2. The van der Waals surface area contributed by atoms with Crippen molar-refractivity contribution in [3.63, 3.8) is 0 Å². The minimum Gasteiger partial charge on any atom is -0.748 e. The van der Waals surface area contributed by atoms with E-state index < -0.39 is 49.5 Å². The SMILES string of the molecule is [B]C(=Cc1oc2ccc(C(=O)Nc3ccc(C)cc3)cc2[n+]1CCCS(=O)(=O)[O-])C=C1Oc2ccc(C(=O)Nc3ccc(OC(C)=O)cc3)cc2N1CCCS(=O)(=O)[O-]. The zero-order valence-corrected chi connectivity index (χ0v) is 33.3. The number of oxazole rings is 1. The first-order chi connectivity index (χ1) is 27.9. The van der Waals surface area contributed by atoms with Crippen LogP contribution in [-0.4, -0.2) is 69.6 Å². The Bertz CT molecular complexity index is 2710. The van der Waals surface area contributed by atoms with Crippen molar-refractivity contribution in [2.75, 3.05) is 33.6 Å². The Labute approximate surface area is 341 Å². The Hall–Kier alpha value is -6.28. The number of carbonyl (C=O) groups is 3. The molecule has 1 aliphatic rings. The van der Waals surface area contributed by atoms with E-state index in [-0.39, 0.29) is 54.3 Å². The number of nitrogens with one attached hydrogen (secondary N) is 2. The highest BCUT2D eigenvalue weighted by molar-refractivity contribution is 7.85. The van der Waals surface area contributed by atoms with E-state index in [2.05, 4.69) is 10.6 Å². The van der Waals surface area contributed by atoms with Crippen molar-refractivity contribution in [1.82, 2.24) is 0 Å². The maximum Gasteiger partial charge on any atom is 0.373 e. The molecule has 0 aliphatic carbocycles. The van der Waals surface area contributed by atoms with E-state index in [9.17, 15) is 40.3 Å². The molecule has 16 nitrogen and oxygen atoms in total. The molecule has 2 amide bonds. The average molecular weight is 840 g/mol. The van der Waals surface area contributed by atoms with E-state index in [0.717, 1.165) is 5.56 Å². The molecular formula is C40H36BN4O12S2-. The molecule has 0 bridgehead atoms. The number of allylic oxidation sites excluding steroid dienone is 2. The Morgan fingerprint density at radius 3 is 2.05 bits per heavy atom. The van der Waals surface area contributed by atoms with Crippen molar-refractivity contribution >= 4 is 80.1 Å². The van der Waals surface area contributed by atoms with Crippen LogP contribution < -0.4 is 29.6 Å². The van der Waals surface area contributed by atoms with Gasteiger partial charge >= 0.3 is 11.9 Å². The Kier molecular flexibility index (Phi) is 12.7. The maximum atomic E-state index is 13.3. The second-order valence-corrected chi connectivity index (χ2v) is 16.5. The number of aryl methyl sites for hydroxylation is 2. The van der Waals surface area contributed by atoms with Gasteiger partial charge in [-0.15, -0.1) is 0 Å². The number of esters is 1. The van der Waals surface area contributed by atoms with Gasteiger partial charge in [0.25, 0.3) is 17.3 Å². The number of aromatic nitrogens is 1. The van der Waals surface area contributed by atoms with E-state index in [0.29, 0.717) is 39.7 Å². The van der Waals surface area contributed by atoms with Gasteiger partial charge in [-0.25, -0.2) is 16.8 Å². The highest BCUT2D eigenvalue weighted by atomic mass is 32.2. The van der Waals surface area contributed by atoms with Gasteiger partial charge in [0.2, 0.25) is 5.58 Å². The normalized spacial score (nSPS) is 13.6. The van der Waals surface area contributed by atoms with Crippen LogP contribution in [0.2, 0.25) is 0 Å². The van der Waals surface area contributed by atoms with Crippen LogP contribution in [0.15, 0.2) is 107 Å². The van der Waals surface area contributed by atoms with E-state index in [4.69, 9.17) is 21.7 Å². The largest absolute Gasteiger partial charge is 0.748 e. The Morgan fingerprint density at radius 2 is 1.42 bits per heavy atom. The molecule has 4 aromatic carbocycles. The molecule has 5 aromatic rings. The number of carbonyl (C=O) groups excluding carboxylic acids is 3. The summed E-state index contributed by atoms with van der Waals surface area (Å²) in [4.78, 5) is 39.3. The lowest BCUT2D eigenvalue weighted by Crippen LogP contribution is -2.36. The van der Waals surface area contributed by atoms with Gasteiger partial charge in [-0.1, -0.05) is 23.2 Å². The third-order valence-electron chi connectivity index (χ3n) is 8.80. The average Bonchev–Trinajstić information content (AvgIpc) is 3.67. The number of benzene rings is 4. The molecule has 0 fully saturated rings. The third kappa shape index (κ3) is 11.4. The quantitative estimate of drug-likeness (QED) is 0.0484. The van der Waals surface area contributed by atoms with E-state index >= 15 is 0 Å². The van der Waals surface area contributed by atoms with E-state index in [1.165, 1.54) is 49.4 Å². The molecule has 2 N–H and O–H groups in total. The monoisotopic (exact) mass is 839 g/mol. The van der Waals surface area contributed by atoms with Gasteiger partial charge < -0.3 is 38.5 Å². The lowest BCUT2D eigenvalue weighted by Gasteiger charge is -2.19. The van der Waals surface area contributed by atoms with Crippen LogP contribution in [0.1, 0.15) is 51.9 Å². The van der Waals surface area contributed by atoms with Crippen LogP contribution in [0.3, 0.4) is 0 Å². The van der Waals surface area contributed by atoms with Gasteiger partial charge in [-0.05, 0) is 86.2 Å². The van der Waals surface area contributed by atoms with Crippen LogP contribution in [0, 0.1) is 6.92 Å². The smallest absolute Gasteiger partial charge is 0.373 e. The van der Waals surface area contributed by atoms with Crippen LogP contribution >= 0.6 is 0 Å². The summed E-state index contributed by atoms with van der Waals surface area (Å²) < 4.78 is 87.6. The predicted octanol–water partition coefficient (Wildman–Crippen LogP) is 4.58. The number of ether oxygens (including phenoxy) is 2. The first-order valence-corrected chi connectivity index (χ1v) is 21.2. The molecule has 59 heavy (non-hydrogen) atoms. The summed E-state index contributed by atoms with van der Waals surface area (Å²) in [5.74, 6) is -1.90. The molecule has 2 radical (unpaired) electrons. The van der Waals surface area contributed by atoms with Crippen molar-refractivity contribution in [3.8, 4) is 11.5 Å². The number of nitrogens with zero attached hydrogens (tertiary/aromatic N) is 2. The number of rotatable bonds is 15. The minimum atomic E-state index is -4.56. The Morgan fingerprint density at radius 1 is 0.831 bits per heavy atom. The predicted molar refractivity (Wildman–Crippen MR) is 216 cm³/mol. The van der Waals surface area contributed by atoms with Crippen LogP contribution in [0.5, 0.6) is 11.5 Å². The molecule has 19 heteroatoms. The first kappa shape index (κ1) is 42.3. The van der Waals surface area contributed by atoms with Gasteiger partial charge in [0.1, 0.15) is 13.6 Å². The van der Waals surface area contributed by atoms with Gasteiger partial charge in [0.15, 0.2) is 18.2 Å². The van der Waals surface area contributed by atoms with Crippen LogP contribution in [-0.2, 0) is 31.6 Å². The molecular weight excluding hydrogens is 803 g/mol. The van der Waals surface area contributed by atoms with E-state index in [1.54, 1.807) is 51.9 Å². The highest BCUT2D eigenvalue weighted by Crippen LogP contribution is 2.40. The molecule has 6 rings (SSSR count). The van der Waals surface area contributed by atoms with Crippen molar-refractivity contribution in [2.24, 2.45) is 0 Å². The molecule has 0 saturated carbocycles. The second kappa shape index (κ2) is 17.7. The molecule has 304 valence electrons. The van der Waals surface area contributed by atoms with Gasteiger partial charge in [0, 0.05) is 66.0 Å². The zero-order chi connectivity index (χ0) is 42.5. The molecule has 0 spiro atoms. The highest BCUT2D eigenvalue weighted by Gasteiger charge is 2.28. The number of hydrogen-bond donors (Lipinski definition) is 2. The summed E-state index contributed by atoms with van der Waals surface area (Å²) in [5.41, 5.74) is 3.64. The van der Waals surface area contributed by atoms with Gasteiger partial charge in [0.05, 0.1) is 25.9 Å². The fourth-order valence-corrected chi connectivity index (χ4v) is 7.07. The lowest BCUT2D eigenvalue weighted by atomic mass is 9.95. The molecule has 0 unspecified atom stereocenters. The summed E-state index contributed by atoms with van der Waals surface area (Å²) in [6.45, 7) is 3.15. The standard InChI is InChI=1S/C40H37BN4O12S2/c1-25-5-9-30(10-6-25)42-39(47)27-7-15-35-33(21-27)44(17-3-19-58(49,50)51)37(56-35)23-29(41)24-38-45(18-4-20-59(52,53)54)34-22-28(8-16-36(34)57-38)40(48)43-31-11-13-32(14-12-31)55-26(2)46/h5-16,21-24H,3-4,17-20H2,1-2H3,(H3-,42,43,47,48,49,50,51,52,53,54)/p-1. The number of amides is 2. The summed E-state index contributed by atoms with van der Waals surface area (Å²) in [7, 11) is -2.61. The van der Waals surface area contributed by atoms with Crippen LogP contribution in [0.4, 0.5) is 17.1 Å². The van der Waals surface area contributed by atoms with Gasteiger partial charge in [-0.2, -0.15) is 4.57 Å². The van der Waals surface area contributed by atoms with E-state index in [1.807, 2.05) is 19.1 Å². The minimum absolute atomic E-state index is 0.00784. The van der Waals surface area contributed by atoms with Crippen molar-refractivity contribution in [2.45, 2.75) is 33.2 Å². The van der Waals surface area contributed by atoms with Crippen molar-refractivity contribution in [1.29, 1.82) is 0 Å². The molecule has 0 saturated heterocycles. The van der Waals surface area contributed by atoms with Crippen LogP contribution in [0.25, 0.3) is 17.2 Å². The third-order valence-corrected chi connectivity index (χ3v) is 10.4. The summed E-state index contributed by atoms with van der Waals surface area (Å²) in [5, 5.41) is 5.58. The fourth-order valence-electron chi connectivity index (χ4n) is 6.10. The molecule has 1 aliphatic heterocycles.